The van der Waals surface area contributed by atoms with E-state index in [1.165, 1.54) is 0 Å². The second kappa shape index (κ2) is 9.73. The first kappa shape index (κ1) is 23.0. The smallest absolute Gasteiger partial charge is 0.326 e. The minimum absolute atomic E-state index is 0.171. The average Bonchev–Trinajstić information content (AvgIpc) is 2.57. The van der Waals surface area contributed by atoms with Crippen LogP contribution < -0.4 is 16.0 Å². The Bertz CT molecular complexity index is 671. The Balaban J connectivity index is 2.87. The van der Waals surface area contributed by atoms with Gasteiger partial charge in [-0.15, -0.1) is 0 Å². The molecule has 27 heavy (non-hydrogen) atoms. The van der Waals surface area contributed by atoms with Gasteiger partial charge in [-0.05, 0) is 35.6 Å². The van der Waals surface area contributed by atoms with E-state index in [0.29, 0.717) is 12.1 Å². The lowest BCUT2D eigenvalue weighted by molar-refractivity contribution is -0.145. The molecule has 1 rings (SSSR count). The second-order valence-electron chi connectivity index (χ2n) is 7.61. The van der Waals surface area contributed by atoms with E-state index in [2.05, 4.69) is 31.9 Å². The van der Waals surface area contributed by atoms with Crippen molar-refractivity contribution in [2.45, 2.75) is 53.1 Å². The van der Waals surface area contributed by atoms with Gasteiger partial charge in [0.15, 0.2) is 0 Å². The van der Waals surface area contributed by atoms with Gasteiger partial charge in [0.25, 0.3) is 0 Å². The van der Waals surface area contributed by atoms with Gasteiger partial charge in [-0.3, -0.25) is 4.79 Å². The minimum Gasteiger partial charge on any atom is -0.480 e. The summed E-state index contributed by atoms with van der Waals surface area (Å²) in [4.78, 5) is 36.5. The number of carbonyl (C=O) groups is 3. The monoisotopic (exact) mass is 441 g/mol. The summed E-state index contributed by atoms with van der Waals surface area (Å²) in [5.41, 5.74) is -0.0848. The van der Waals surface area contributed by atoms with E-state index in [9.17, 15) is 19.5 Å². The number of benzene rings is 1. The molecule has 3 amide bonds. The lowest BCUT2D eigenvalue weighted by Crippen LogP contribution is -2.57. The van der Waals surface area contributed by atoms with E-state index >= 15 is 0 Å². The van der Waals surface area contributed by atoms with Crippen molar-refractivity contribution in [1.82, 2.24) is 10.6 Å². The molecule has 0 bridgehead atoms. The van der Waals surface area contributed by atoms with Crippen LogP contribution in [0.25, 0.3) is 0 Å². The van der Waals surface area contributed by atoms with Gasteiger partial charge in [-0.1, -0.05) is 57.0 Å². The molecule has 3 atom stereocenters. The Labute approximate surface area is 168 Å². The van der Waals surface area contributed by atoms with Crippen LogP contribution in [0, 0.1) is 11.3 Å². The molecule has 0 aliphatic heterocycles. The molecule has 8 heteroatoms. The number of halogens is 1. The van der Waals surface area contributed by atoms with Crippen molar-refractivity contribution in [3.05, 3.63) is 28.7 Å². The Morgan fingerprint density at radius 1 is 1.11 bits per heavy atom. The Hall–Kier alpha value is -2.09. The first-order valence-corrected chi connectivity index (χ1v) is 9.61. The van der Waals surface area contributed by atoms with Crippen LogP contribution in [0.4, 0.5) is 10.5 Å². The third-order valence-electron chi connectivity index (χ3n) is 4.28. The van der Waals surface area contributed by atoms with E-state index in [1.54, 1.807) is 45.0 Å². The molecular formula is C19H28BrN3O4. The molecular weight excluding hydrogens is 414 g/mol. The third kappa shape index (κ3) is 7.21. The van der Waals surface area contributed by atoms with E-state index in [1.807, 2.05) is 13.8 Å². The number of amides is 3. The molecule has 7 nitrogen and oxygen atoms in total. The molecule has 0 aliphatic rings. The highest BCUT2D eigenvalue weighted by molar-refractivity contribution is 9.10. The van der Waals surface area contributed by atoms with Gasteiger partial charge in [-0.25, -0.2) is 9.59 Å². The van der Waals surface area contributed by atoms with Crippen molar-refractivity contribution in [2.24, 2.45) is 11.3 Å². The van der Waals surface area contributed by atoms with Gasteiger partial charge >= 0.3 is 12.0 Å². The number of anilines is 1. The fraction of sp³-hybridized carbons (Fsp3) is 0.526. The Morgan fingerprint density at radius 2 is 1.67 bits per heavy atom. The first-order valence-electron chi connectivity index (χ1n) is 8.82. The summed E-state index contributed by atoms with van der Waals surface area (Å²) in [5.74, 6) is -1.80. The van der Waals surface area contributed by atoms with E-state index in [0.717, 1.165) is 4.47 Å². The second-order valence-corrected chi connectivity index (χ2v) is 8.53. The normalized spacial score (nSPS) is 14.6. The van der Waals surface area contributed by atoms with Crippen molar-refractivity contribution < 1.29 is 19.5 Å². The number of carboxylic acids is 1. The number of carbonyl (C=O) groups excluding carboxylic acids is 2. The fourth-order valence-electron chi connectivity index (χ4n) is 2.42. The van der Waals surface area contributed by atoms with Crippen LogP contribution in [0.1, 0.15) is 41.0 Å². The zero-order valence-corrected chi connectivity index (χ0v) is 17.9. The number of urea groups is 1. The number of rotatable bonds is 7. The van der Waals surface area contributed by atoms with Crippen molar-refractivity contribution in [3.8, 4) is 0 Å². The number of carboxylic acid groups (broad SMARTS) is 1. The van der Waals surface area contributed by atoms with Gasteiger partial charge in [0, 0.05) is 10.2 Å². The molecule has 0 saturated heterocycles. The number of hydrogen-bond acceptors (Lipinski definition) is 3. The number of nitrogens with one attached hydrogen (secondary N) is 3. The predicted molar refractivity (Wildman–Crippen MR) is 109 cm³/mol. The summed E-state index contributed by atoms with van der Waals surface area (Å²) in [7, 11) is 0. The third-order valence-corrected chi connectivity index (χ3v) is 4.81. The summed E-state index contributed by atoms with van der Waals surface area (Å²) >= 11 is 3.32. The lowest BCUT2D eigenvalue weighted by atomic mass is 9.86. The quantitative estimate of drug-likeness (QED) is 0.518. The van der Waals surface area contributed by atoms with E-state index in [4.69, 9.17) is 0 Å². The summed E-state index contributed by atoms with van der Waals surface area (Å²) in [6, 6.07) is 4.58. The molecule has 1 aromatic carbocycles. The van der Waals surface area contributed by atoms with Crippen LogP contribution in [0.5, 0.6) is 0 Å². The summed E-state index contributed by atoms with van der Waals surface area (Å²) in [6.45, 7) is 8.93. The van der Waals surface area contributed by atoms with Gasteiger partial charge < -0.3 is 21.1 Å². The van der Waals surface area contributed by atoms with Crippen LogP contribution in [-0.2, 0) is 9.59 Å². The molecule has 1 aromatic rings. The van der Waals surface area contributed by atoms with Gasteiger partial charge in [-0.2, -0.15) is 0 Å². The van der Waals surface area contributed by atoms with Crippen molar-refractivity contribution in [3.63, 3.8) is 0 Å². The zero-order valence-electron chi connectivity index (χ0n) is 16.3. The van der Waals surface area contributed by atoms with E-state index in [-0.39, 0.29) is 5.92 Å². The molecule has 0 fully saturated rings. The molecule has 150 valence electrons. The highest BCUT2D eigenvalue weighted by Gasteiger charge is 2.36. The Kier molecular flexibility index (Phi) is 8.27. The molecule has 1 unspecified atom stereocenters. The molecule has 0 aliphatic carbocycles. The maximum Gasteiger partial charge on any atom is 0.326 e. The van der Waals surface area contributed by atoms with Crippen LogP contribution in [0.15, 0.2) is 28.7 Å². The molecule has 0 aromatic heterocycles. The van der Waals surface area contributed by atoms with Gasteiger partial charge in [0.1, 0.15) is 12.1 Å². The fourth-order valence-corrected chi connectivity index (χ4v) is 2.69. The van der Waals surface area contributed by atoms with Crippen molar-refractivity contribution in [1.29, 1.82) is 0 Å². The topological polar surface area (TPSA) is 108 Å². The lowest BCUT2D eigenvalue weighted by Gasteiger charge is -2.31. The maximum atomic E-state index is 12.7. The van der Waals surface area contributed by atoms with Crippen LogP contribution in [-0.4, -0.2) is 35.1 Å². The maximum absolute atomic E-state index is 12.7. The number of aliphatic carboxylic acids is 1. The molecule has 4 N–H and O–H groups in total. The SMILES string of the molecule is CC[C@H](C)[C@H](NC(=O)Nc1ccc(Br)cc1)C(=O)NC(C(=O)O)C(C)(C)C. The standard InChI is InChI=1S/C19H28BrN3O4/c1-6-11(2)14(16(24)23-15(17(25)26)19(3,4)5)22-18(27)21-13-9-7-12(20)8-10-13/h7-11,14-15H,6H2,1-5H3,(H,23,24)(H,25,26)(H2,21,22,27)/t11-,14-,15?/m0/s1. The minimum atomic E-state index is -1.11. The summed E-state index contributed by atoms with van der Waals surface area (Å²) in [5, 5.41) is 17.3. The summed E-state index contributed by atoms with van der Waals surface area (Å²) in [6.07, 6.45) is 0.643. The van der Waals surface area contributed by atoms with Gasteiger partial charge in [0.05, 0.1) is 0 Å². The van der Waals surface area contributed by atoms with E-state index < -0.39 is 35.4 Å². The largest absolute Gasteiger partial charge is 0.480 e. The van der Waals surface area contributed by atoms with Crippen molar-refractivity contribution in [2.75, 3.05) is 5.32 Å². The van der Waals surface area contributed by atoms with Crippen LogP contribution in [0.2, 0.25) is 0 Å². The number of hydrogen-bond donors (Lipinski definition) is 4. The summed E-state index contributed by atoms with van der Waals surface area (Å²) < 4.78 is 0.882. The predicted octanol–water partition coefficient (Wildman–Crippen LogP) is 3.60. The molecule has 0 spiro atoms. The first-order chi connectivity index (χ1) is 12.5. The molecule has 0 heterocycles. The molecule has 0 saturated carbocycles. The zero-order chi connectivity index (χ0) is 20.8. The van der Waals surface area contributed by atoms with Crippen LogP contribution in [0.3, 0.4) is 0 Å². The highest BCUT2D eigenvalue weighted by Crippen LogP contribution is 2.20. The molecule has 0 radical (unpaired) electrons. The highest BCUT2D eigenvalue weighted by atomic mass is 79.9. The van der Waals surface area contributed by atoms with Crippen molar-refractivity contribution >= 4 is 39.5 Å². The Morgan fingerprint density at radius 3 is 2.11 bits per heavy atom. The van der Waals surface area contributed by atoms with Gasteiger partial charge in [0.2, 0.25) is 5.91 Å². The van der Waals surface area contributed by atoms with Crippen LogP contribution >= 0.6 is 15.9 Å². The average molecular weight is 442 g/mol.